The van der Waals surface area contributed by atoms with Crippen molar-refractivity contribution in [2.45, 2.75) is 11.8 Å². The topological polar surface area (TPSA) is 46.2 Å². The highest BCUT2D eigenvalue weighted by atomic mass is 35.5. The molecule has 2 fully saturated rings. The fraction of sp³-hybridized carbons (Fsp3) is 0.538. The zero-order chi connectivity index (χ0) is 12.8. The van der Waals surface area contributed by atoms with Crippen molar-refractivity contribution in [3.05, 3.63) is 34.9 Å². The molecule has 1 atom stereocenters. The fourth-order valence-corrected chi connectivity index (χ4v) is 5.17. The van der Waals surface area contributed by atoms with Gasteiger partial charge in [0.1, 0.15) is 0 Å². The maximum absolute atomic E-state index is 11.7. The Morgan fingerprint density at radius 1 is 1.22 bits per heavy atom. The highest BCUT2D eigenvalue weighted by Crippen LogP contribution is 2.42. The normalized spacial score (nSPS) is 28.8. The van der Waals surface area contributed by atoms with Gasteiger partial charge in [0.25, 0.3) is 0 Å². The van der Waals surface area contributed by atoms with E-state index in [0.29, 0.717) is 11.5 Å². The summed E-state index contributed by atoms with van der Waals surface area (Å²) in [6, 6.07) is 7.85. The van der Waals surface area contributed by atoms with Gasteiger partial charge < -0.3 is 5.32 Å². The highest BCUT2D eigenvalue weighted by Gasteiger charge is 2.49. The molecule has 0 bridgehead atoms. The highest BCUT2D eigenvalue weighted by molar-refractivity contribution is 7.91. The van der Waals surface area contributed by atoms with Crippen molar-refractivity contribution < 1.29 is 8.42 Å². The second-order valence-electron chi connectivity index (χ2n) is 5.37. The first kappa shape index (κ1) is 12.5. The van der Waals surface area contributed by atoms with E-state index in [1.54, 1.807) is 0 Å². The van der Waals surface area contributed by atoms with Crippen LogP contribution in [-0.2, 0) is 15.3 Å². The summed E-state index contributed by atoms with van der Waals surface area (Å²) >= 11 is 5.92. The molecule has 0 saturated carbocycles. The van der Waals surface area contributed by atoms with Crippen LogP contribution < -0.4 is 5.32 Å². The van der Waals surface area contributed by atoms with E-state index < -0.39 is 9.84 Å². The summed E-state index contributed by atoms with van der Waals surface area (Å²) in [6.07, 6.45) is 0.784. The van der Waals surface area contributed by atoms with E-state index in [1.165, 1.54) is 5.56 Å². The Kier molecular flexibility index (Phi) is 2.92. The molecule has 1 aromatic carbocycles. The summed E-state index contributed by atoms with van der Waals surface area (Å²) < 4.78 is 23.3. The van der Waals surface area contributed by atoms with E-state index in [2.05, 4.69) is 5.32 Å². The molecule has 2 saturated heterocycles. The molecule has 1 N–H and O–H groups in total. The molecular formula is C13H16ClNO2S. The van der Waals surface area contributed by atoms with Gasteiger partial charge in [0, 0.05) is 23.5 Å². The fourth-order valence-electron chi connectivity index (χ4n) is 3.14. The number of halogens is 1. The summed E-state index contributed by atoms with van der Waals surface area (Å²) in [5, 5.41) is 4.01. The van der Waals surface area contributed by atoms with Crippen LogP contribution in [0.15, 0.2) is 24.3 Å². The van der Waals surface area contributed by atoms with Gasteiger partial charge in [-0.05, 0) is 30.0 Å². The van der Waals surface area contributed by atoms with Crippen LogP contribution >= 0.6 is 11.6 Å². The van der Waals surface area contributed by atoms with Crippen molar-refractivity contribution in [3.63, 3.8) is 0 Å². The van der Waals surface area contributed by atoms with Crippen molar-refractivity contribution in [2.75, 3.05) is 24.6 Å². The molecular weight excluding hydrogens is 270 g/mol. The third kappa shape index (κ3) is 1.96. The Morgan fingerprint density at radius 3 is 2.33 bits per heavy atom. The monoisotopic (exact) mass is 285 g/mol. The van der Waals surface area contributed by atoms with Crippen LogP contribution in [0.5, 0.6) is 0 Å². The minimum atomic E-state index is -2.82. The number of hydrogen-bond donors (Lipinski definition) is 1. The first-order chi connectivity index (χ1) is 8.52. The Bertz CT molecular complexity index is 549. The van der Waals surface area contributed by atoms with E-state index in [9.17, 15) is 8.42 Å². The average molecular weight is 286 g/mol. The molecule has 3 rings (SSSR count). The lowest BCUT2D eigenvalue weighted by Crippen LogP contribution is -2.61. The predicted molar refractivity (Wildman–Crippen MR) is 72.8 cm³/mol. The molecule has 2 aliphatic heterocycles. The first-order valence-electron chi connectivity index (χ1n) is 6.19. The SMILES string of the molecule is O=S1(=O)CCC(C2(c3ccc(Cl)cc3)CNC2)C1. The zero-order valence-electron chi connectivity index (χ0n) is 10.0. The van der Waals surface area contributed by atoms with Gasteiger partial charge >= 0.3 is 0 Å². The van der Waals surface area contributed by atoms with Gasteiger partial charge in [-0.1, -0.05) is 23.7 Å². The van der Waals surface area contributed by atoms with Crippen molar-refractivity contribution in [1.29, 1.82) is 0 Å². The van der Waals surface area contributed by atoms with Crippen LogP contribution in [0.2, 0.25) is 5.02 Å². The molecule has 2 heterocycles. The van der Waals surface area contributed by atoms with Gasteiger partial charge in [0.05, 0.1) is 11.5 Å². The standard InChI is InChI=1S/C13H16ClNO2S/c14-12-3-1-10(2-4-12)13(8-15-9-13)11-5-6-18(16,17)7-11/h1-4,11,15H,5-9H2. The molecule has 0 amide bonds. The molecule has 1 unspecified atom stereocenters. The predicted octanol–water partition coefficient (Wildman–Crippen LogP) is 1.62. The number of benzene rings is 1. The summed E-state index contributed by atoms with van der Waals surface area (Å²) in [6.45, 7) is 1.74. The third-order valence-corrected chi connectivity index (χ3v) is 6.33. The largest absolute Gasteiger partial charge is 0.315 e. The van der Waals surface area contributed by atoms with Crippen LogP contribution in [0.3, 0.4) is 0 Å². The van der Waals surface area contributed by atoms with E-state index in [-0.39, 0.29) is 11.3 Å². The van der Waals surface area contributed by atoms with Crippen LogP contribution in [0, 0.1) is 5.92 Å². The van der Waals surface area contributed by atoms with Gasteiger partial charge in [-0.25, -0.2) is 8.42 Å². The van der Waals surface area contributed by atoms with Crippen LogP contribution in [0.4, 0.5) is 0 Å². The molecule has 5 heteroatoms. The number of sulfone groups is 1. The minimum Gasteiger partial charge on any atom is -0.315 e. The average Bonchev–Trinajstić information content (AvgIpc) is 2.60. The number of nitrogens with one attached hydrogen (secondary N) is 1. The molecule has 0 aliphatic carbocycles. The van der Waals surface area contributed by atoms with Crippen molar-refractivity contribution in [2.24, 2.45) is 5.92 Å². The van der Waals surface area contributed by atoms with Crippen LogP contribution in [0.25, 0.3) is 0 Å². The number of hydrogen-bond acceptors (Lipinski definition) is 3. The summed E-state index contributed by atoms with van der Waals surface area (Å²) in [7, 11) is -2.82. The Labute approximate surface area is 112 Å². The van der Waals surface area contributed by atoms with Crippen molar-refractivity contribution in [1.82, 2.24) is 5.32 Å². The van der Waals surface area contributed by atoms with E-state index in [1.807, 2.05) is 24.3 Å². The second-order valence-corrected chi connectivity index (χ2v) is 8.03. The molecule has 18 heavy (non-hydrogen) atoms. The van der Waals surface area contributed by atoms with Gasteiger partial charge in [-0.3, -0.25) is 0 Å². The van der Waals surface area contributed by atoms with Crippen molar-refractivity contribution in [3.8, 4) is 0 Å². The summed E-state index contributed by atoms with van der Waals surface area (Å²) in [5.41, 5.74) is 1.21. The number of rotatable bonds is 2. The molecule has 0 aromatic heterocycles. The van der Waals surface area contributed by atoms with E-state index in [0.717, 1.165) is 24.5 Å². The Balaban J connectivity index is 1.93. The van der Waals surface area contributed by atoms with Crippen LogP contribution in [-0.4, -0.2) is 33.0 Å². The quantitative estimate of drug-likeness (QED) is 0.898. The van der Waals surface area contributed by atoms with E-state index >= 15 is 0 Å². The van der Waals surface area contributed by atoms with Gasteiger partial charge in [-0.2, -0.15) is 0 Å². The van der Waals surface area contributed by atoms with E-state index in [4.69, 9.17) is 11.6 Å². The molecule has 98 valence electrons. The lowest BCUT2D eigenvalue weighted by molar-refractivity contribution is 0.190. The molecule has 1 aromatic rings. The second kappa shape index (κ2) is 4.22. The van der Waals surface area contributed by atoms with Gasteiger partial charge in [0.2, 0.25) is 0 Å². The van der Waals surface area contributed by atoms with Gasteiger partial charge in [-0.15, -0.1) is 0 Å². The summed E-state index contributed by atoms with van der Waals surface area (Å²) in [5.74, 6) is 0.912. The Morgan fingerprint density at radius 2 is 1.89 bits per heavy atom. The minimum absolute atomic E-state index is 0.00579. The zero-order valence-corrected chi connectivity index (χ0v) is 11.6. The molecule has 0 radical (unpaired) electrons. The molecule has 0 spiro atoms. The van der Waals surface area contributed by atoms with Gasteiger partial charge in [0.15, 0.2) is 9.84 Å². The lowest BCUT2D eigenvalue weighted by atomic mass is 9.66. The maximum atomic E-state index is 11.7. The Hall–Kier alpha value is -0.580. The van der Waals surface area contributed by atoms with Crippen molar-refractivity contribution >= 4 is 21.4 Å². The summed E-state index contributed by atoms with van der Waals surface area (Å²) in [4.78, 5) is 0. The third-order valence-electron chi connectivity index (χ3n) is 4.31. The maximum Gasteiger partial charge on any atom is 0.150 e. The lowest BCUT2D eigenvalue weighted by Gasteiger charge is -2.47. The first-order valence-corrected chi connectivity index (χ1v) is 8.39. The molecule has 2 aliphatic rings. The molecule has 3 nitrogen and oxygen atoms in total. The van der Waals surface area contributed by atoms with Crippen LogP contribution in [0.1, 0.15) is 12.0 Å². The smallest absolute Gasteiger partial charge is 0.150 e.